The summed E-state index contributed by atoms with van der Waals surface area (Å²) in [6.07, 6.45) is 7.87. The van der Waals surface area contributed by atoms with Crippen LogP contribution in [-0.4, -0.2) is 50.9 Å². The first-order chi connectivity index (χ1) is 15.9. The first-order valence-electron chi connectivity index (χ1n) is 12.8. The average molecular weight is 481 g/mol. The second kappa shape index (κ2) is 11.3. The minimum atomic E-state index is -0.745. The summed E-state index contributed by atoms with van der Waals surface area (Å²) in [7, 11) is 0. The molecule has 4 rings (SSSR count). The molecule has 0 radical (unpaired) electrons. The van der Waals surface area contributed by atoms with Gasteiger partial charge >= 0.3 is 11.9 Å². The molecular weight excluding hydrogens is 436 g/mol. The molecule has 0 unspecified atom stereocenters. The van der Waals surface area contributed by atoms with Gasteiger partial charge in [-0.3, -0.25) is 14.4 Å². The highest BCUT2D eigenvalue weighted by atomic mass is 16.4. The van der Waals surface area contributed by atoms with E-state index in [1.165, 1.54) is 5.57 Å². The Labute approximate surface area is 203 Å². The lowest BCUT2D eigenvalue weighted by molar-refractivity contribution is -0.137. The van der Waals surface area contributed by atoms with Crippen LogP contribution in [0.4, 0.5) is 0 Å². The topological polar surface area (TPSA) is 132 Å². The molecule has 4 aliphatic rings. The SMILES string of the molecule is CCC(=O)O.CCC(=O)O.C[C@@H]1CC2=CC(=O)C[C@H](C)[C@]2(CO)[C@H]2CC[C@]3(C)[C@@H](O)CC[C@H]3[C@H]12. The summed E-state index contributed by atoms with van der Waals surface area (Å²) in [5.41, 5.74) is 1.09. The first-order valence-corrected chi connectivity index (χ1v) is 12.8. The smallest absolute Gasteiger partial charge is 0.303 e. The monoisotopic (exact) mass is 480 g/mol. The molecule has 0 heterocycles. The summed E-state index contributed by atoms with van der Waals surface area (Å²) >= 11 is 0. The van der Waals surface area contributed by atoms with Crippen molar-refractivity contribution in [2.75, 3.05) is 6.61 Å². The van der Waals surface area contributed by atoms with Crippen molar-refractivity contribution in [2.24, 2.45) is 40.4 Å². The normalized spacial score (nSPS) is 40.2. The van der Waals surface area contributed by atoms with Gasteiger partial charge in [0.25, 0.3) is 0 Å². The Kier molecular flexibility index (Phi) is 9.51. The summed E-state index contributed by atoms with van der Waals surface area (Å²) in [5.74, 6) is 1.11. The summed E-state index contributed by atoms with van der Waals surface area (Å²) in [6.45, 7) is 10.2. The highest BCUT2D eigenvalue weighted by molar-refractivity contribution is 5.92. The number of ketones is 1. The van der Waals surface area contributed by atoms with Crippen LogP contribution in [0.3, 0.4) is 0 Å². The Morgan fingerprint density at radius 2 is 1.56 bits per heavy atom. The quantitative estimate of drug-likeness (QED) is 0.473. The molecule has 0 aromatic rings. The molecule has 3 fully saturated rings. The Hall–Kier alpha value is -1.73. The van der Waals surface area contributed by atoms with Crippen molar-refractivity contribution in [1.82, 2.24) is 0 Å². The van der Waals surface area contributed by atoms with Crippen LogP contribution in [-0.2, 0) is 14.4 Å². The van der Waals surface area contributed by atoms with Crippen LogP contribution in [0.1, 0.15) is 86.0 Å². The van der Waals surface area contributed by atoms with Gasteiger partial charge in [0, 0.05) is 24.7 Å². The number of aliphatic hydroxyl groups excluding tert-OH is 2. The van der Waals surface area contributed by atoms with Crippen LogP contribution in [0.25, 0.3) is 0 Å². The lowest BCUT2D eigenvalue weighted by Crippen LogP contribution is -2.58. The Bertz CT molecular complexity index is 776. The van der Waals surface area contributed by atoms with E-state index in [9.17, 15) is 24.6 Å². The van der Waals surface area contributed by atoms with Gasteiger partial charge in [0.2, 0.25) is 0 Å². The number of fused-ring (bicyclic) bond motifs is 5. The molecule has 4 N–H and O–H groups in total. The predicted molar refractivity (Wildman–Crippen MR) is 129 cm³/mol. The maximum absolute atomic E-state index is 12.1. The van der Waals surface area contributed by atoms with Gasteiger partial charge in [-0.15, -0.1) is 0 Å². The molecule has 0 amide bonds. The molecule has 7 heteroatoms. The summed E-state index contributed by atoms with van der Waals surface area (Å²) in [4.78, 5) is 30.9. The van der Waals surface area contributed by atoms with E-state index in [0.717, 1.165) is 32.1 Å². The van der Waals surface area contributed by atoms with Crippen molar-refractivity contribution in [3.05, 3.63) is 11.6 Å². The van der Waals surface area contributed by atoms with Crippen molar-refractivity contribution in [3.63, 3.8) is 0 Å². The van der Waals surface area contributed by atoms with E-state index in [0.29, 0.717) is 30.1 Å². The van der Waals surface area contributed by atoms with E-state index >= 15 is 0 Å². The molecule has 0 bridgehead atoms. The third-order valence-corrected chi connectivity index (χ3v) is 9.33. The van der Waals surface area contributed by atoms with E-state index in [2.05, 4.69) is 20.8 Å². The van der Waals surface area contributed by atoms with Crippen molar-refractivity contribution in [1.29, 1.82) is 0 Å². The van der Waals surface area contributed by atoms with E-state index in [1.54, 1.807) is 13.8 Å². The molecule has 0 aromatic carbocycles. The maximum atomic E-state index is 12.1. The highest BCUT2D eigenvalue weighted by Gasteiger charge is 2.63. The molecular formula is C27H44O7. The number of carboxylic acid groups (broad SMARTS) is 2. The summed E-state index contributed by atoms with van der Waals surface area (Å²) in [6, 6.07) is 0. The number of hydrogen-bond donors (Lipinski definition) is 4. The largest absolute Gasteiger partial charge is 0.481 e. The van der Waals surface area contributed by atoms with Gasteiger partial charge in [0.1, 0.15) is 0 Å². The van der Waals surface area contributed by atoms with Crippen molar-refractivity contribution in [3.8, 4) is 0 Å². The van der Waals surface area contributed by atoms with Gasteiger partial charge in [-0.1, -0.05) is 40.2 Å². The van der Waals surface area contributed by atoms with E-state index in [1.807, 2.05) is 6.08 Å². The molecule has 34 heavy (non-hydrogen) atoms. The predicted octanol–water partition coefficient (Wildman–Crippen LogP) is 4.31. The zero-order valence-electron chi connectivity index (χ0n) is 21.4. The molecule has 0 saturated heterocycles. The number of carboxylic acids is 2. The molecule has 3 saturated carbocycles. The van der Waals surface area contributed by atoms with Crippen molar-refractivity contribution >= 4 is 17.7 Å². The molecule has 4 aliphatic carbocycles. The van der Waals surface area contributed by atoms with Gasteiger partial charge in [-0.2, -0.15) is 0 Å². The van der Waals surface area contributed by atoms with Crippen LogP contribution in [0, 0.1) is 40.4 Å². The minimum Gasteiger partial charge on any atom is -0.481 e. The number of carbonyl (C=O) groups is 3. The lowest BCUT2D eigenvalue weighted by atomic mass is 9.43. The van der Waals surface area contributed by atoms with Crippen LogP contribution in [0.2, 0.25) is 0 Å². The van der Waals surface area contributed by atoms with E-state index in [-0.39, 0.29) is 48.1 Å². The first kappa shape index (κ1) is 28.5. The van der Waals surface area contributed by atoms with Gasteiger partial charge < -0.3 is 20.4 Å². The Morgan fingerprint density at radius 1 is 1.00 bits per heavy atom. The molecule has 8 atom stereocenters. The van der Waals surface area contributed by atoms with Gasteiger partial charge in [0.05, 0.1) is 12.7 Å². The van der Waals surface area contributed by atoms with Crippen LogP contribution < -0.4 is 0 Å². The standard InChI is InChI=1S/C21H32O3.2C3H6O2/c1-12-8-14-10-15(23)9-13(2)21(14,11-22)17-6-7-20(3)16(19(12)17)4-5-18(20)24;2*1-2-3(4)5/h10,12-13,16-19,22,24H,4-9,11H2,1-3H3;2*2H2,1H3,(H,4,5)/t12-,13+,16+,17+,18+,19+,20+,21+;;/m1../s1. The fourth-order valence-electron chi connectivity index (χ4n) is 7.46. The fourth-order valence-corrected chi connectivity index (χ4v) is 7.46. The second-order valence-corrected chi connectivity index (χ2v) is 11.0. The number of aliphatic carboxylic acids is 2. The molecule has 194 valence electrons. The third-order valence-electron chi connectivity index (χ3n) is 9.33. The molecule has 0 aliphatic heterocycles. The fraction of sp³-hybridized carbons (Fsp3) is 0.815. The Morgan fingerprint density at radius 3 is 2.06 bits per heavy atom. The lowest BCUT2D eigenvalue weighted by Gasteiger charge is -2.62. The number of aliphatic hydroxyl groups is 2. The van der Waals surface area contributed by atoms with Crippen LogP contribution >= 0.6 is 0 Å². The Balaban J connectivity index is 0.000000347. The van der Waals surface area contributed by atoms with Gasteiger partial charge in [-0.25, -0.2) is 0 Å². The second-order valence-electron chi connectivity index (χ2n) is 11.0. The summed E-state index contributed by atoms with van der Waals surface area (Å²) in [5, 5.41) is 36.6. The number of hydrogen-bond acceptors (Lipinski definition) is 5. The zero-order chi connectivity index (χ0) is 25.8. The maximum Gasteiger partial charge on any atom is 0.303 e. The number of carbonyl (C=O) groups excluding carboxylic acids is 1. The van der Waals surface area contributed by atoms with E-state index in [4.69, 9.17) is 10.2 Å². The van der Waals surface area contributed by atoms with Crippen LogP contribution in [0.5, 0.6) is 0 Å². The van der Waals surface area contributed by atoms with Gasteiger partial charge in [0.15, 0.2) is 5.78 Å². The zero-order valence-corrected chi connectivity index (χ0v) is 21.4. The van der Waals surface area contributed by atoms with Crippen LogP contribution in [0.15, 0.2) is 11.6 Å². The minimum absolute atomic E-state index is 0.0566. The summed E-state index contributed by atoms with van der Waals surface area (Å²) < 4.78 is 0. The third kappa shape index (κ3) is 5.25. The van der Waals surface area contributed by atoms with Crippen molar-refractivity contribution < 1.29 is 34.8 Å². The molecule has 7 nitrogen and oxygen atoms in total. The average Bonchev–Trinajstić information content (AvgIpc) is 3.08. The van der Waals surface area contributed by atoms with Gasteiger partial charge in [-0.05, 0) is 73.2 Å². The van der Waals surface area contributed by atoms with E-state index < -0.39 is 11.9 Å². The van der Waals surface area contributed by atoms with Crippen molar-refractivity contribution in [2.45, 2.75) is 92.1 Å². The highest BCUT2D eigenvalue weighted by Crippen LogP contribution is 2.67. The molecule has 0 spiro atoms. The molecule has 0 aromatic heterocycles. The number of rotatable bonds is 3.